The van der Waals surface area contributed by atoms with E-state index < -0.39 is 5.97 Å². The Morgan fingerprint density at radius 1 is 1.42 bits per heavy atom. The summed E-state index contributed by atoms with van der Waals surface area (Å²) in [5.41, 5.74) is 0. The van der Waals surface area contributed by atoms with Crippen LogP contribution in [0.15, 0.2) is 12.7 Å². The minimum Gasteiger partial charge on any atom is -0.481 e. The van der Waals surface area contributed by atoms with E-state index >= 15 is 0 Å². The lowest BCUT2D eigenvalue weighted by Crippen LogP contribution is -2.01. The van der Waals surface area contributed by atoms with Gasteiger partial charge in [-0.25, -0.2) is 0 Å². The second-order valence-corrected chi connectivity index (χ2v) is 3.15. The zero-order valence-electron chi connectivity index (χ0n) is 7.75. The summed E-state index contributed by atoms with van der Waals surface area (Å²) in [5.74, 6) is 0.0174. The number of rotatable bonds is 1. The Labute approximate surface area is 74.3 Å². The van der Waals surface area contributed by atoms with Gasteiger partial charge in [0.2, 0.25) is 0 Å². The summed E-state index contributed by atoms with van der Waals surface area (Å²) < 4.78 is 0. The maximum atomic E-state index is 9.00. The maximum Gasteiger partial charge on any atom is 0.300 e. The van der Waals surface area contributed by atoms with Gasteiger partial charge in [-0.3, -0.25) is 4.79 Å². The highest BCUT2D eigenvalue weighted by molar-refractivity contribution is 5.62. The Balaban J connectivity index is 0.000000261. The predicted molar refractivity (Wildman–Crippen MR) is 50.1 cm³/mol. The van der Waals surface area contributed by atoms with E-state index in [0.29, 0.717) is 0 Å². The first-order chi connectivity index (χ1) is 5.66. The minimum atomic E-state index is -0.833. The van der Waals surface area contributed by atoms with Crippen LogP contribution in [0.2, 0.25) is 0 Å². The summed E-state index contributed by atoms with van der Waals surface area (Å²) in [6, 6.07) is 0. The molecule has 1 saturated carbocycles. The lowest BCUT2D eigenvalue weighted by atomic mass is 9.90. The average Bonchev–Trinajstić information content (AvgIpc) is 2.05. The standard InChI is InChI=1S/C8H14.C2H4O2/c1-2-8-6-4-3-5-7-8;1-2(3)4/h2,8H,1,3-7H2;1H3,(H,3,4). The molecular formula is C10H18O2. The van der Waals surface area contributed by atoms with Crippen molar-refractivity contribution in [3.05, 3.63) is 12.7 Å². The highest BCUT2D eigenvalue weighted by atomic mass is 16.4. The largest absolute Gasteiger partial charge is 0.481 e. The molecule has 70 valence electrons. The average molecular weight is 170 g/mol. The van der Waals surface area contributed by atoms with Crippen molar-refractivity contribution in [3.8, 4) is 0 Å². The Kier molecular flexibility index (Phi) is 6.44. The molecule has 0 aromatic heterocycles. The SMILES string of the molecule is C=CC1CCCCC1.CC(=O)O. The highest BCUT2D eigenvalue weighted by Gasteiger charge is 2.07. The second-order valence-electron chi connectivity index (χ2n) is 3.15. The first kappa shape index (κ1) is 11.2. The van der Waals surface area contributed by atoms with Crippen LogP contribution in [0.1, 0.15) is 39.0 Å². The number of hydrogen-bond donors (Lipinski definition) is 1. The van der Waals surface area contributed by atoms with Gasteiger partial charge in [0.05, 0.1) is 0 Å². The maximum absolute atomic E-state index is 9.00. The molecule has 0 radical (unpaired) electrons. The number of allylic oxidation sites excluding steroid dienone is 1. The van der Waals surface area contributed by atoms with Gasteiger partial charge in [0.15, 0.2) is 0 Å². The quantitative estimate of drug-likeness (QED) is 0.614. The van der Waals surface area contributed by atoms with E-state index in [2.05, 4.69) is 12.7 Å². The van der Waals surface area contributed by atoms with Gasteiger partial charge in [0.25, 0.3) is 5.97 Å². The molecule has 1 aliphatic carbocycles. The van der Waals surface area contributed by atoms with Crippen LogP contribution >= 0.6 is 0 Å². The molecule has 12 heavy (non-hydrogen) atoms. The summed E-state index contributed by atoms with van der Waals surface area (Å²) >= 11 is 0. The van der Waals surface area contributed by atoms with Crippen LogP contribution in [0, 0.1) is 5.92 Å². The van der Waals surface area contributed by atoms with Gasteiger partial charge >= 0.3 is 0 Å². The molecule has 2 heteroatoms. The van der Waals surface area contributed by atoms with Crippen LogP contribution in [0.5, 0.6) is 0 Å². The van der Waals surface area contributed by atoms with Crippen LogP contribution in [-0.4, -0.2) is 11.1 Å². The summed E-state index contributed by atoms with van der Waals surface area (Å²) in [6.45, 7) is 4.87. The van der Waals surface area contributed by atoms with Crippen molar-refractivity contribution in [3.63, 3.8) is 0 Å². The van der Waals surface area contributed by atoms with E-state index in [4.69, 9.17) is 9.90 Å². The Morgan fingerprint density at radius 3 is 2.08 bits per heavy atom. The first-order valence-electron chi connectivity index (χ1n) is 4.49. The summed E-state index contributed by atoms with van der Waals surface area (Å²) in [5, 5.41) is 7.42. The minimum absolute atomic E-state index is 0.833. The molecule has 0 aromatic rings. The molecule has 0 spiro atoms. The van der Waals surface area contributed by atoms with E-state index in [1.165, 1.54) is 32.1 Å². The number of carboxylic acid groups (broad SMARTS) is 1. The van der Waals surface area contributed by atoms with Crippen molar-refractivity contribution < 1.29 is 9.90 Å². The zero-order chi connectivity index (χ0) is 9.40. The Bertz CT molecular complexity index is 131. The van der Waals surface area contributed by atoms with Crippen molar-refractivity contribution in [2.45, 2.75) is 39.0 Å². The molecule has 0 unspecified atom stereocenters. The molecular weight excluding hydrogens is 152 g/mol. The van der Waals surface area contributed by atoms with Gasteiger partial charge in [0.1, 0.15) is 0 Å². The van der Waals surface area contributed by atoms with Crippen LogP contribution in [0.25, 0.3) is 0 Å². The molecule has 1 rings (SSSR count). The van der Waals surface area contributed by atoms with E-state index in [-0.39, 0.29) is 0 Å². The van der Waals surface area contributed by atoms with Crippen molar-refractivity contribution in [2.24, 2.45) is 5.92 Å². The molecule has 0 bridgehead atoms. The summed E-state index contributed by atoms with van der Waals surface area (Å²) in [6.07, 6.45) is 9.20. The third kappa shape index (κ3) is 7.32. The summed E-state index contributed by atoms with van der Waals surface area (Å²) in [4.78, 5) is 9.00. The number of carboxylic acids is 1. The molecule has 1 fully saturated rings. The normalized spacial score (nSPS) is 17.4. The Morgan fingerprint density at radius 2 is 1.83 bits per heavy atom. The fourth-order valence-electron chi connectivity index (χ4n) is 1.37. The third-order valence-electron chi connectivity index (χ3n) is 1.98. The van der Waals surface area contributed by atoms with Crippen molar-refractivity contribution in [1.29, 1.82) is 0 Å². The van der Waals surface area contributed by atoms with Crippen LogP contribution in [0.4, 0.5) is 0 Å². The van der Waals surface area contributed by atoms with Crippen molar-refractivity contribution in [1.82, 2.24) is 0 Å². The van der Waals surface area contributed by atoms with Gasteiger partial charge in [-0.05, 0) is 18.8 Å². The fraction of sp³-hybridized carbons (Fsp3) is 0.700. The van der Waals surface area contributed by atoms with Gasteiger partial charge in [-0.15, -0.1) is 6.58 Å². The predicted octanol–water partition coefficient (Wildman–Crippen LogP) is 2.84. The van der Waals surface area contributed by atoms with Gasteiger partial charge < -0.3 is 5.11 Å². The molecule has 0 atom stereocenters. The lowest BCUT2D eigenvalue weighted by Gasteiger charge is -2.16. The third-order valence-corrected chi connectivity index (χ3v) is 1.98. The number of aliphatic carboxylic acids is 1. The molecule has 0 aromatic carbocycles. The monoisotopic (exact) mass is 170 g/mol. The molecule has 0 aliphatic heterocycles. The first-order valence-corrected chi connectivity index (χ1v) is 4.49. The van der Waals surface area contributed by atoms with Crippen molar-refractivity contribution in [2.75, 3.05) is 0 Å². The van der Waals surface area contributed by atoms with Crippen molar-refractivity contribution >= 4 is 5.97 Å². The van der Waals surface area contributed by atoms with Gasteiger partial charge in [0, 0.05) is 6.92 Å². The number of hydrogen-bond acceptors (Lipinski definition) is 1. The van der Waals surface area contributed by atoms with E-state index in [9.17, 15) is 0 Å². The molecule has 0 amide bonds. The van der Waals surface area contributed by atoms with E-state index in [1.54, 1.807) is 0 Å². The molecule has 2 nitrogen and oxygen atoms in total. The molecule has 1 N–H and O–H groups in total. The molecule has 0 saturated heterocycles. The summed E-state index contributed by atoms with van der Waals surface area (Å²) in [7, 11) is 0. The van der Waals surface area contributed by atoms with Gasteiger partial charge in [-0.1, -0.05) is 25.3 Å². The Hall–Kier alpha value is -0.790. The van der Waals surface area contributed by atoms with Crippen LogP contribution in [-0.2, 0) is 4.79 Å². The van der Waals surface area contributed by atoms with Gasteiger partial charge in [-0.2, -0.15) is 0 Å². The molecule has 1 aliphatic rings. The van der Waals surface area contributed by atoms with E-state index in [1.807, 2.05) is 0 Å². The molecule has 0 heterocycles. The second kappa shape index (κ2) is 6.89. The van der Waals surface area contributed by atoms with E-state index in [0.717, 1.165) is 12.8 Å². The van der Waals surface area contributed by atoms with Crippen LogP contribution < -0.4 is 0 Å². The zero-order valence-corrected chi connectivity index (χ0v) is 7.75. The lowest BCUT2D eigenvalue weighted by molar-refractivity contribution is -0.134. The fourth-order valence-corrected chi connectivity index (χ4v) is 1.37. The topological polar surface area (TPSA) is 37.3 Å². The highest BCUT2D eigenvalue weighted by Crippen LogP contribution is 2.23. The van der Waals surface area contributed by atoms with Crippen LogP contribution in [0.3, 0.4) is 0 Å². The number of carbonyl (C=O) groups is 1. The smallest absolute Gasteiger partial charge is 0.300 e.